The maximum absolute atomic E-state index is 4.56. The monoisotopic (exact) mass is 316 g/mol. The van der Waals surface area contributed by atoms with Gasteiger partial charge >= 0.3 is 0 Å². The van der Waals surface area contributed by atoms with Gasteiger partial charge in [-0.2, -0.15) is 11.3 Å². The smallest absolute Gasteiger partial charge is 0.136 e. The zero-order valence-electron chi connectivity index (χ0n) is 13.1. The molecule has 22 heavy (non-hydrogen) atoms. The molecule has 0 bridgehead atoms. The Labute approximate surface area is 136 Å². The van der Waals surface area contributed by atoms with Crippen LogP contribution in [0.2, 0.25) is 0 Å². The lowest BCUT2D eigenvalue weighted by Crippen LogP contribution is -2.33. The number of nitrogens with zero attached hydrogens (tertiary/aromatic N) is 4. The highest BCUT2D eigenvalue weighted by atomic mass is 32.1. The standard InChI is InChI=1S/C17H24N4S/c1-2-4-16-18-19-17(21(16)8-3-1)15-5-9-20(10-6-15)12-14-7-11-22-13-14/h7,11,13,15H,1-6,8-10,12H2. The molecule has 1 fully saturated rings. The number of aryl methyl sites for hydroxylation is 1. The molecule has 4 nitrogen and oxygen atoms in total. The second kappa shape index (κ2) is 6.50. The van der Waals surface area contributed by atoms with Gasteiger partial charge in [-0.3, -0.25) is 4.90 Å². The van der Waals surface area contributed by atoms with Crippen LogP contribution in [-0.4, -0.2) is 32.8 Å². The average Bonchev–Trinajstić information content (AvgIpc) is 3.13. The van der Waals surface area contributed by atoms with E-state index < -0.39 is 0 Å². The summed E-state index contributed by atoms with van der Waals surface area (Å²) in [4.78, 5) is 2.58. The highest BCUT2D eigenvalue weighted by Gasteiger charge is 2.26. The van der Waals surface area contributed by atoms with Gasteiger partial charge < -0.3 is 4.57 Å². The molecule has 2 aliphatic rings. The van der Waals surface area contributed by atoms with Crippen LogP contribution >= 0.6 is 11.3 Å². The van der Waals surface area contributed by atoms with E-state index in [2.05, 4.69) is 36.5 Å². The van der Waals surface area contributed by atoms with Crippen molar-refractivity contribution < 1.29 is 0 Å². The zero-order valence-corrected chi connectivity index (χ0v) is 13.9. The van der Waals surface area contributed by atoms with Gasteiger partial charge in [-0.1, -0.05) is 6.42 Å². The van der Waals surface area contributed by atoms with Gasteiger partial charge in [0, 0.05) is 25.4 Å². The van der Waals surface area contributed by atoms with Gasteiger partial charge in [-0.25, -0.2) is 0 Å². The topological polar surface area (TPSA) is 34.0 Å². The van der Waals surface area contributed by atoms with Crippen LogP contribution in [0.1, 0.15) is 55.2 Å². The fraction of sp³-hybridized carbons (Fsp3) is 0.647. The Morgan fingerprint density at radius 1 is 1.09 bits per heavy atom. The van der Waals surface area contributed by atoms with Gasteiger partial charge in [0.1, 0.15) is 11.6 Å². The highest BCUT2D eigenvalue weighted by molar-refractivity contribution is 7.07. The van der Waals surface area contributed by atoms with Crippen molar-refractivity contribution in [3.05, 3.63) is 34.0 Å². The summed E-state index contributed by atoms with van der Waals surface area (Å²) in [5.41, 5.74) is 1.46. The quantitative estimate of drug-likeness (QED) is 0.870. The van der Waals surface area contributed by atoms with Gasteiger partial charge in [-0.15, -0.1) is 10.2 Å². The van der Waals surface area contributed by atoms with E-state index in [1.807, 2.05) is 0 Å². The Bertz CT molecular complexity index is 596. The molecule has 0 aliphatic carbocycles. The minimum absolute atomic E-state index is 0.609. The van der Waals surface area contributed by atoms with Crippen molar-refractivity contribution in [3.63, 3.8) is 0 Å². The molecule has 2 aromatic rings. The summed E-state index contributed by atoms with van der Waals surface area (Å²) in [6, 6.07) is 2.25. The Morgan fingerprint density at radius 3 is 2.82 bits per heavy atom. The summed E-state index contributed by atoms with van der Waals surface area (Å²) in [6.45, 7) is 4.60. The first kappa shape index (κ1) is 14.4. The Kier molecular flexibility index (Phi) is 4.26. The number of piperidine rings is 1. The van der Waals surface area contributed by atoms with Crippen molar-refractivity contribution in [2.45, 2.75) is 57.5 Å². The molecular weight excluding hydrogens is 292 g/mol. The summed E-state index contributed by atoms with van der Waals surface area (Å²) in [5, 5.41) is 13.5. The molecule has 118 valence electrons. The molecule has 1 saturated heterocycles. The lowest BCUT2D eigenvalue weighted by Gasteiger charge is -2.31. The number of hydrogen-bond donors (Lipinski definition) is 0. The summed E-state index contributed by atoms with van der Waals surface area (Å²) >= 11 is 1.80. The van der Waals surface area contributed by atoms with Crippen LogP contribution in [0.25, 0.3) is 0 Å². The van der Waals surface area contributed by atoms with Crippen LogP contribution < -0.4 is 0 Å². The third-order valence-corrected chi connectivity index (χ3v) is 5.81. The molecule has 0 spiro atoms. The first-order chi connectivity index (χ1) is 10.9. The van der Waals surface area contributed by atoms with Crippen LogP contribution in [0.15, 0.2) is 16.8 Å². The van der Waals surface area contributed by atoms with E-state index >= 15 is 0 Å². The molecule has 0 amide bonds. The van der Waals surface area contributed by atoms with Gasteiger partial charge in [0.25, 0.3) is 0 Å². The molecule has 0 unspecified atom stereocenters. The largest absolute Gasteiger partial charge is 0.315 e. The van der Waals surface area contributed by atoms with Crippen LogP contribution in [-0.2, 0) is 19.5 Å². The lowest BCUT2D eigenvalue weighted by molar-refractivity contribution is 0.200. The van der Waals surface area contributed by atoms with Crippen molar-refractivity contribution in [2.75, 3.05) is 13.1 Å². The van der Waals surface area contributed by atoms with Gasteiger partial charge in [-0.05, 0) is 61.2 Å². The molecule has 0 N–H and O–H groups in total. The number of fused-ring (bicyclic) bond motifs is 1. The minimum atomic E-state index is 0.609. The predicted molar refractivity (Wildman–Crippen MR) is 89.1 cm³/mol. The van der Waals surface area contributed by atoms with E-state index in [0.29, 0.717) is 5.92 Å². The molecule has 2 aliphatic heterocycles. The molecule has 4 rings (SSSR count). The van der Waals surface area contributed by atoms with Gasteiger partial charge in [0.2, 0.25) is 0 Å². The van der Waals surface area contributed by atoms with Crippen molar-refractivity contribution in [1.29, 1.82) is 0 Å². The normalized spacial score (nSPS) is 20.7. The third-order valence-electron chi connectivity index (χ3n) is 5.08. The average molecular weight is 316 g/mol. The SMILES string of the molecule is c1cc(CN2CCC(c3nnc4n3CCCCC4)CC2)cs1. The zero-order chi connectivity index (χ0) is 14.8. The maximum atomic E-state index is 4.56. The van der Waals surface area contributed by atoms with Crippen LogP contribution in [0.4, 0.5) is 0 Å². The summed E-state index contributed by atoms with van der Waals surface area (Å²) in [7, 11) is 0. The first-order valence-corrected chi connectivity index (χ1v) is 9.50. The Hall–Kier alpha value is -1.20. The fourth-order valence-electron chi connectivity index (χ4n) is 3.80. The third kappa shape index (κ3) is 2.97. The molecule has 2 aromatic heterocycles. The first-order valence-electron chi connectivity index (χ1n) is 8.55. The molecule has 0 radical (unpaired) electrons. The molecule has 0 atom stereocenters. The number of rotatable bonds is 3. The number of likely N-dealkylation sites (tertiary alicyclic amines) is 1. The number of thiophene rings is 1. The van der Waals surface area contributed by atoms with Crippen molar-refractivity contribution in [1.82, 2.24) is 19.7 Å². The van der Waals surface area contributed by atoms with E-state index in [1.54, 1.807) is 11.3 Å². The van der Waals surface area contributed by atoms with E-state index in [0.717, 1.165) is 19.5 Å². The lowest BCUT2D eigenvalue weighted by atomic mass is 9.95. The fourth-order valence-corrected chi connectivity index (χ4v) is 4.46. The van der Waals surface area contributed by atoms with E-state index in [-0.39, 0.29) is 0 Å². The molecular formula is C17H24N4S. The van der Waals surface area contributed by atoms with E-state index in [4.69, 9.17) is 0 Å². The number of aromatic nitrogens is 3. The number of hydrogen-bond acceptors (Lipinski definition) is 4. The van der Waals surface area contributed by atoms with E-state index in [9.17, 15) is 0 Å². The minimum Gasteiger partial charge on any atom is -0.315 e. The summed E-state index contributed by atoms with van der Waals surface area (Å²) in [5.74, 6) is 3.11. The Morgan fingerprint density at radius 2 is 2.00 bits per heavy atom. The molecule has 5 heteroatoms. The van der Waals surface area contributed by atoms with Gasteiger partial charge in [0.15, 0.2) is 0 Å². The Balaban J connectivity index is 1.40. The second-order valence-electron chi connectivity index (χ2n) is 6.62. The van der Waals surface area contributed by atoms with Gasteiger partial charge in [0.05, 0.1) is 0 Å². The highest BCUT2D eigenvalue weighted by Crippen LogP contribution is 2.29. The molecule has 4 heterocycles. The van der Waals surface area contributed by atoms with Crippen molar-refractivity contribution >= 4 is 11.3 Å². The predicted octanol–water partition coefficient (Wildman–Crippen LogP) is 3.45. The van der Waals surface area contributed by atoms with Crippen LogP contribution in [0, 0.1) is 0 Å². The van der Waals surface area contributed by atoms with Crippen molar-refractivity contribution in [2.24, 2.45) is 0 Å². The van der Waals surface area contributed by atoms with Crippen molar-refractivity contribution in [3.8, 4) is 0 Å². The summed E-state index contributed by atoms with van der Waals surface area (Å²) < 4.78 is 2.44. The maximum Gasteiger partial charge on any atom is 0.136 e. The van der Waals surface area contributed by atoms with Crippen LogP contribution in [0.5, 0.6) is 0 Å². The second-order valence-corrected chi connectivity index (χ2v) is 7.40. The molecule has 0 aromatic carbocycles. The van der Waals surface area contributed by atoms with Crippen LogP contribution in [0.3, 0.4) is 0 Å². The molecule has 0 saturated carbocycles. The summed E-state index contributed by atoms with van der Waals surface area (Å²) in [6.07, 6.45) is 7.46. The van der Waals surface area contributed by atoms with E-state index in [1.165, 1.54) is 62.4 Å².